The first-order valence-electron chi connectivity index (χ1n) is 7.13. The Bertz CT molecular complexity index is 994. The molecule has 142 valence electrons. The average molecular weight is 393 g/mol. The Morgan fingerprint density at radius 1 is 0.852 bits per heavy atom. The molecule has 0 aliphatic heterocycles. The van der Waals surface area contributed by atoms with Gasteiger partial charge in [-0.25, -0.2) is 18.7 Å². The molecule has 1 N–H and O–H groups in total. The summed E-state index contributed by atoms with van der Waals surface area (Å²) in [6.07, 6.45) is -9.09. The van der Waals surface area contributed by atoms with E-state index in [1.807, 2.05) is 0 Å². The monoisotopic (exact) mass is 393 g/mol. The van der Waals surface area contributed by atoms with Gasteiger partial charge in [0.1, 0.15) is 11.5 Å². The zero-order valence-electron chi connectivity index (χ0n) is 12.9. The van der Waals surface area contributed by atoms with Gasteiger partial charge in [-0.1, -0.05) is 0 Å². The third-order valence-electron chi connectivity index (χ3n) is 3.51. The highest BCUT2D eigenvalue weighted by molar-refractivity contribution is 5.93. The van der Waals surface area contributed by atoms with E-state index in [0.29, 0.717) is 24.4 Å². The van der Waals surface area contributed by atoms with E-state index in [1.165, 1.54) is 0 Å². The van der Waals surface area contributed by atoms with Crippen molar-refractivity contribution < 1.29 is 35.1 Å². The SMILES string of the molecule is Fc1ccc2nc(C(F)(F)F)cc(Nc3ccc(C(F)(F)F)cn3)c2c1F. The molecule has 0 bridgehead atoms. The standard InChI is InChI=1S/C16H7F8N3/c17-8-2-3-9-13(14(8)18)10(5-11(26-9)16(22,23)24)27-12-4-1-7(6-25-12)15(19,20)21/h1-6H,(H,25,26,27). The highest BCUT2D eigenvalue weighted by Crippen LogP contribution is 2.36. The quantitative estimate of drug-likeness (QED) is 0.569. The number of anilines is 2. The lowest BCUT2D eigenvalue weighted by molar-refractivity contribution is -0.141. The van der Waals surface area contributed by atoms with Gasteiger partial charge >= 0.3 is 12.4 Å². The molecule has 0 aliphatic carbocycles. The Morgan fingerprint density at radius 2 is 1.56 bits per heavy atom. The van der Waals surface area contributed by atoms with Crippen molar-refractivity contribution in [1.29, 1.82) is 0 Å². The largest absolute Gasteiger partial charge is 0.433 e. The zero-order valence-corrected chi connectivity index (χ0v) is 12.9. The molecule has 0 amide bonds. The number of pyridine rings is 2. The molecular formula is C16H7F8N3. The Balaban J connectivity index is 2.13. The Labute approximate surface area is 145 Å². The van der Waals surface area contributed by atoms with Gasteiger partial charge in [0.25, 0.3) is 0 Å². The number of alkyl halides is 6. The number of benzene rings is 1. The van der Waals surface area contributed by atoms with Gasteiger partial charge in [-0.3, -0.25) is 0 Å². The molecule has 11 heteroatoms. The van der Waals surface area contributed by atoms with Crippen molar-refractivity contribution >= 4 is 22.4 Å². The van der Waals surface area contributed by atoms with E-state index in [2.05, 4.69) is 15.3 Å². The maximum atomic E-state index is 14.1. The molecule has 3 nitrogen and oxygen atoms in total. The predicted molar refractivity (Wildman–Crippen MR) is 79.2 cm³/mol. The molecule has 0 unspecified atom stereocenters. The Kier molecular flexibility index (Phi) is 4.40. The summed E-state index contributed by atoms with van der Waals surface area (Å²) in [5.74, 6) is -3.08. The molecule has 27 heavy (non-hydrogen) atoms. The molecule has 0 fully saturated rings. The van der Waals surface area contributed by atoms with Gasteiger partial charge in [0.2, 0.25) is 0 Å². The van der Waals surface area contributed by atoms with Crippen molar-refractivity contribution in [2.75, 3.05) is 5.32 Å². The number of fused-ring (bicyclic) bond motifs is 1. The first-order chi connectivity index (χ1) is 12.5. The van der Waals surface area contributed by atoms with Gasteiger partial charge in [0.05, 0.1) is 22.2 Å². The molecule has 0 saturated carbocycles. The van der Waals surface area contributed by atoms with Crippen molar-refractivity contribution in [3.05, 3.63) is 59.4 Å². The summed E-state index contributed by atoms with van der Waals surface area (Å²) in [5.41, 5.74) is -3.51. The zero-order chi connectivity index (χ0) is 20.0. The number of hydrogen-bond acceptors (Lipinski definition) is 3. The molecule has 0 spiro atoms. The lowest BCUT2D eigenvalue weighted by Crippen LogP contribution is -2.10. The maximum absolute atomic E-state index is 14.1. The van der Waals surface area contributed by atoms with Crippen LogP contribution in [0.5, 0.6) is 0 Å². The number of hydrogen-bond donors (Lipinski definition) is 1. The second-order valence-corrected chi connectivity index (χ2v) is 5.36. The second kappa shape index (κ2) is 6.32. The normalized spacial score (nSPS) is 12.4. The van der Waals surface area contributed by atoms with Crippen LogP contribution in [0, 0.1) is 11.6 Å². The van der Waals surface area contributed by atoms with Gasteiger partial charge < -0.3 is 5.32 Å². The number of aromatic nitrogens is 2. The van der Waals surface area contributed by atoms with Crippen LogP contribution in [0.1, 0.15) is 11.3 Å². The van der Waals surface area contributed by atoms with Crippen molar-refractivity contribution in [1.82, 2.24) is 9.97 Å². The van der Waals surface area contributed by atoms with Crippen LogP contribution in [0.3, 0.4) is 0 Å². The number of halogens is 8. The highest BCUT2D eigenvalue weighted by atomic mass is 19.4. The fraction of sp³-hybridized carbons (Fsp3) is 0.125. The minimum atomic E-state index is -4.89. The molecule has 0 atom stereocenters. The summed E-state index contributed by atoms with van der Waals surface area (Å²) < 4.78 is 104. The number of rotatable bonds is 2. The van der Waals surface area contributed by atoms with Gasteiger partial charge in [-0.15, -0.1) is 0 Å². The summed E-state index contributed by atoms with van der Waals surface area (Å²) >= 11 is 0. The fourth-order valence-electron chi connectivity index (χ4n) is 2.28. The van der Waals surface area contributed by atoms with Crippen molar-refractivity contribution in [2.45, 2.75) is 12.4 Å². The maximum Gasteiger partial charge on any atom is 0.433 e. The lowest BCUT2D eigenvalue weighted by Gasteiger charge is -2.14. The summed E-state index contributed by atoms with van der Waals surface area (Å²) in [6, 6.07) is 3.38. The molecule has 3 rings (SSSR count). The Morgan fingerprint density at radius 3 is 2.11 bits per heavy atom. The van der Waals surface area contributed by atoms with Gasteiger partial charge in [-0.2, -0.15) is 26.3 Å². The van der Waals surface area contributed by atoms with Crippen LogP contribution in [0.25, 0.3) is 10.9 Å². The van der Waals surface area contributed by atoms with Gasteiger partial charge in [0, 0.05) is 6.20 Å². The topological polar surface area (TPSA) is 37.8 Å². The third kappa shape index (κ3) is 3.76. The summed E-state index contributed by atoms with van der Waals surface area (Å²) in [7, 11) is 0. The molecule has 2 aromatic heterocycles. The molecule has 0 radical (unpaired) electrons. The minimum Gasteiger partial charge on any atom is -0.340 e. The molecule has 3 aromatic rings. The van der Waals surface area contributed by atoms with E-state index in [0.717, 1.165) is 12.1 Å². The second-order valence-electron chi connectivity index (χ2n) is 5.36. The molecule has 2 heterocycles. The van der Waals surface area contributed by atoms with Crippen LogP contribution < -0.4 is 5.32 Å². The summed E-state index contributed by atoms with van der Waals surface area (Å²) in [4.78, 5) is 6.70. The van der Waals surface area contributed by atoms with Crippen LogP contribution in [0.15, 0.2) is 36.5 Å². The van der Waals surface area contributed by atoms with E-state index in [-0.39, 0.29) is 5.82 Å². The average Bonchev–Trinajstić information content (AvgIpc) is 2.57. The smallest absolute Gasteiger partial charge is 0.340 e. The number of nitrogens with zero attached hydrogens (tertiary/aromatic N) is 2. The van der Waals surface area contributed by atoms with Gasteiger partial charge in [0.15, 0.2) is 11.6 Å². The van der Waals surface area contributed by atoms with Crippen LogP contribution in [-0.4, -0.2) is 9.97 Å². The molecule has 1 aromatic carbocycles. The summed E-state index contributed by atoms with van der Waals surface area (Å²) in [6.45, 7) is 0. The molecule has 0 saturated heterocycles. The van der Waals surface area contributed by atoms with Crippen LogP contribution in [-0.2, 0) is 12.4 Å². The van der Waals surface area contributed by atoms with E-state index in [4.69, 9.17) is 0 Å². The van der Waals surface area contributed by atoms with E-state index < -0.39 is 51.8 Å². The van der Waals surface area contributed by atoms with E-state index in [9.17, 15) is 35.1 Å². The van der Waals surface area contributed by atoms with Crippen LogP contribution in [0.4, 0.5) is 46.6 Å². The van der Waals surface area contributed by atoms with Crippen molar-refractivity contribution in [3.63, 3.8) is 0 Å². The van der Waals surface area contributed by atoms with E-state index >= 15 is 0 Å². The first kappa shape index (κ1) is 18.8. The molecule has 0 aliphatic rings. The predicted octanol–water partition coefficient (Wildman–Crippen LogP) is 5.69. The molecular weight excluding hydrogens is 386 g/mol. The number of nitrogens with one attached hydrogen (secondary N) is 1. The Hall–Kier alpha value is -2.98. The van der Waals surface area contributed by atoms with Crippen LogP contribution in [0.2, 0.25) is 0 Å². The minimum absolute atomic E-state index is 0.299. The lowest BCUT2D eigenvalue weighted by atomic mass is 10.1. The first-order valence-corrected chi connectivity index (χ1v) is 7.13. The fourth-order valence-corrected chi connectivity index (χ4v) is 2.28. The van der Waals surface area contributed by atoms with Crippen molar-refractivity contribution in [3.8, 4) is 0 Å². The van der Waals surface area contributed by atoms with Crippen molar-refractivity contribution in [2.24, 2.45) is 0 Å². The van der Waals surface area contributed by atoms with E-state index in [1.54, 1.807) is 0 Å². The van der Waals surface area contributed by atoms with Gasteiger partial charge in [-0.05, 0) is 30.3 Å². The third-order valence-corrected chi connectivity index (χ3v) is 3.51. The highest BCUT2D eigenvalue weighted by Gasteiger charge is 2.34. The summed E-state index contributed by atoms with van der Waals surface area (Å²) in [5, 5.41) is 1.69. The van der Waals surface area contributed by atoms with Crippen LogP contribution >= 0.6 is 0 Å².